The first-order chi connectivity index (χ1) is 10.7. The van der Waals surface area contributed by atoms with E-state index in [2.05, 4.69) is 5.10 Å². The SMILES string of the molecule is CCC1=NN(c2ccc(F)cc2)C(=O)C1Sc1ccccc1. The van der Waals surface area contributed by atoms with Gasteiger partial charge >= 0.3 is 0 Å². The van der Waals surface area contributed by atoms with Gasteiger partial charge in [-0.3, -0.25) is 4.79 Å². The number of hydrogen-bond donors (Lipinski definition) is 0. The molecule has 1 atom stereocenters. The highest BCUT2D eigenvalue weighted by Gasteiger charge is 2.36. The van der Waals surface area contributed by atoms with E-state index in [9.17, 15) is 9.18 Å². The number of thioether (sulfide) groups is 1. The van der Waals surface area contributed by atoms with E-state index < -0.39 is 0 Å². The molecule has 0 fully saturated rings. The van der Waals surface area contributed by atoms with Gasteiger partial charge in [0.05, 0.1) is 11.4 Å². The Balaban J connectivity index is 1.86. The molecule has 1 aliphatic rings. The Bertz CT molecular complexity index is 700. The Labute approximate surface area is 132 Å². The van der Waals surface area contributed by atoms with Gasteiger partial charge in [0, 0.05) is 4.90 Å². The smallest absolute Gasteiger partial charge is 0.266 e. The van der Waals surface area contributed by atoms with Crippen molar-refractivity contribution in [2.45, 2.75) is 23.5 Å². The highest BCUT2D eigenvalue weighted by molar-refractivity contribution is 8.01. The van der Waals surface area contributed by atoms with Crippen molar-refractivity contribution < 1.29 is 9.18 Å². The lowest BCUT2D eigenvalue weighted by Gasteiger charge is -2.14. The molecule has 0 saturated heterocycles. The van der Waals surface area contributed by atoms with Crippen molar-refractivity contribution in [3.05, 3.63) is 60.4 Å². The molecule has 0 N–H and O–H groups in total. The highest BCUT2D eigenvalue weighted by atomic mass is 32.2. The molecule has 0 bridgehead atoms. The largest absolute Gasteiger partial charge is 0.271 e. The number of hydrogen-bond acceptors (Lipinski definition) is 3. The molecule has 0 spiro atoms. The first-order valence-corrected chi connectivity index (χ1v) is 7.95. The third-order valence-corrected chi connectivity index (χ3v) is 4.65. The molecule has 112 valence electrons. The Hall–Kier alpha value is -2.14. The molecule has 2 aromatic rings. The van der Waals surface area contributed by atoms with Crippen LogP contribution in [0.15, 0.2) is 64.6 Å². The van der Waals surface area contributed by atoms with Crippen LogP contribution in [-0.4, -0.2) is 16.9 Å². The summed E-state index contributed by atoms with van der Waals surface area (Å²) in [6.07, 6.45) is 0.702. The van der Waals surface area contributed by atoms with Crippen LogP contribution in [0.3, 0.4) is 0 Å². The van der Waals surface area contributed by atoms with Gasteiger partial charge < -0.3 is 0 Å². The van der Waals surface area contributed by atoms with Crippen molar-refractivity contribution in [1.29, 1.82) is 0 Å². The maximum absolute atomic E-state index is 13.0. The van der Waals surface area contributed by atoms with Crippen LogP contribution in [0.25, 0.3) is 0 Å². The van der Waals surface area contributed by atoms with E-state index >= 15 is 0 Å². The molecule has 0 saturated carbocycles. The fraction of sp³-hybridized carbons (Fsp3) is 0.176. The van der Waals surface area contributed by atoms with Crippen molar-refractivity contribution in [3.63, 3.8) is 0 Å². The average Bonchev–Trinajstić information content (AvgIpc) is 2.86. The summed E-state index contributed by atoms with van der Waals surface area (Å²) in [5.41, 5.74) is 1.43. The van der Waals surface area contributed by atoms with Gasteiger partial charge in [0.25, 0.3) is 5.91 Å². The van der Waals surface area contributed by atoms with Gasteiger partial charge in [-0.1, -0.05) is 25.1 Å². The van der Waals surface area contributed by atoms with Crippen LogP contribution in [-0.2, 0) is 4.79 Å². The number of carbonyl (C=O) groups excluding carboxylic acids is 1. The van der Waals surface area contributed by atoms with Crippen molar-refractivity contribution in [3.8, 4) is 0 Å². The maximum Gasteiger partial charge on any atom is 0.266 e. The lowest BCUT2D eigenvalue weighted by molar-refractivity contribution is -0.116. The minimum Gasteiger partial charge on any atom is -0.271 e. The quantitative estimate of drug-likeness (QED) is 0.851. The van der Waals surface area contributed by atoms with E-state index in [4.69, 9.17) is 0 Å². The summed E-state index contributed by atoms with van der Waals surface area (Å²) in [5, 5.41) is 5.47. The van der Waals surface area contributed by atoms with E-state index in [-0.39, 0.29) is 17.0 Å². The number of benzene rings is 2. The lowest BCUT2D eigenvalue weighted by atomic mass is 10.2. The molecule has 0 aromatic heterocycles. The maximum atomic E-state index is 13.0. The van der Waals surface area contributed by atoms with Gasteiger partial charge in [0.2, 0.25) is 0 Å². The molecule has 0 aliphatic carbocycles. The molecular formula is C17H15FN2OS. The second-order valence-corrected chi connectivity index (χ2v) is 6.06. The summed E-state index contributed by atoms with van der Waals surface area (Å²) < 4.78 is 13.0. The standard InChI is InChI=1S/C17H15FN2OS/c1-2-15-16(22-14-6-4-3-5-7-14)17(21)20(19-15)13-10-8-12(18)9-11-13/h3-11,16H,2H2,1H3. The van der Waals surface area contributed by atoms with E-state index in [1.54, 1.807) is 12.1 Å². The topological polar surface area (TPSA) is 32.7 Å². The summed E-state index contributed by atoms with van der Waals surface area (Å²) in [5.74, 6) is -0.414. The van der Waals surface area contributed by atoms with Gasteiger partial charge in [-0.05, 0) is 42.8 Å². The zero-order valence-corrected chi connectivity index (χ0v) is 12.9. The summed E-state index contributed by atoms with van der Waals surface area (Å²) >= 11 is 1.50. The zero-order valence-electron chi connectivity index (χ0n) is 12.1. The van der Waals surface area contributed by atoms with Crippen molar-refractivity contribution in [2.24, 2.45) is 5.10 Å². The lowest BCUT2D eigenvalue weighted by Crippen LogP contribution is -2.29. The predicted molar refractivity (Wildman–Crippen MR) is 87.7 cm³/mol. The Morgan fingerprint density at radius 1 is 1.14 bits per heavy atom. The van der Waals surface area contributed by atoms with Gasteiger partial charge in [-0.25, -0.2) is 4.39 Å². The first-order valence-electron chi connectivity index (χ1n) is 7.07. The van der Waals surface area contributed by atoms with Crippen LogP contribution in [0, 0.1) is 5.82 Å². The number of anilines is 1. The average molecular weight is 314 g/mol. The molecular weight excluding hydrogens is 299 g/mol. The number of hydrazone groups is 1. The van der Waals surface area contributed by atoms with Crippen LogP contribution in [0.1, 0.15) is 13.3 Å². The van der Waals surface area contributed by atoms with Crippen LogP contribution >= 0.6 is 11.8 Å². The summed E-state index contributed by atoms with van der Waals surface area (Å²) in [7, 11) is 0. The molecule has 1 aliphatic heterocycles. The van der Waals surface area contributed by atoms with E-state index in [0.29, 0.717) is 12.1 Å². The molecule has 22 heavy (non-hydrogen) atoms. The van der Waals surface area contributed by atoms with Crippen molar-refractivity contribution in [1.82, 2.24) is 0 Å². The van der Waals surface area contributed by atoms with Gasteiger partial charge in [0.1, 0.15) is 11.1 Å². The summed E-state index contributed by atoms with van der Waals surface area (Å²) in [4.78, 5) is 13.7. The Morgan fingerprint density at radius 2 is 1.82 bits per heavy atom. The Morgan fingerprint density at radius 3 is 2.45 bits per heavy atom. The van der Waals surface area contributed by atoms with Crippen LogP contribution in [0.4, 0.5) is 10.1 Å². The predicted octanol–water partition coefficient (Wildman–Crippen LogP) is 4.10. The minimum atomic E-state index is -0.328. The van der Waals surface area contributed by atoms with Crippen LogP contribution < -0.4 is 5.01 Å². The molecule has 1 heterocycles. The highest BCUT2D eigenvalue weighted by Crippen LogP contribution is 2.32. The van der Waals surface area contributed by atoms with E-state index in [0.717, 1.165) is 10.6 Å². The number of halogens is 1. The van der Waals surface area contributed by atoms with E-state index in [1.165, 1.54) is 28.9 Å². The summed E-state index contributed by atoms with van der Waals surface area (Å²) in [6, 6.07) is 15.6. The number of carbonyl (C=O) groups is 1. The fourth-order valence-corrected chi connectivity index (χ4v) is 3.40. The molecule has 5 heteroatoms. The van der Waals surface area contributed by atoms with E-state index in [1.807, 2.05) is 37.3 Å². The zero-order chi connectivity index (χ0) is 15.5. The van der Waals surface area contributed by atoms with Gasteiger partial charge in [-0.2, -0.15) is 10.1 Å². The molecule has 1 amide bonds. The van der Waals surface area contributed by atoms with Crippen LogP contribution in [0.2, 0.25) is 0 Å². The Kier molecular flexibility index (Phi) is 4.24. The second kappa shape index (κ2) is 6.32. The number of nitrogens with zero attached hydrogens (tertiary/aromatic N) is 2. The third kappa shape index (κ3) is 2.90. The van der Waals surface area contributed by atoms with Crippen molar-refractivity contribution >= 4 is 29.1 Å². The molecule has 2 aromatic carbocycles. The van der Waals surface area contributed by atoms with Crippen LogP contribution in [0.5, 0.6) is 0 Å². The minimum absolute atomic E-state index is 0.0858. The first kappa shape index (κ1) is 14.8. The normalized spacial score (nSPS) is 17.7. The number of rotatable bonds is 4. The fourth-order valence-electron chi connectivity index (χ4n) is 2.26. The molecule has 1 unspecified atom stereocenters. The second-order valence-electron chi connectivity index (χ2n) is 4.88. The van der Waals surface area contributed by atoms with Gasteiger partial charge in [0.15, 0.2) is 0 Å². The number of amides is 1. The summed E-state index contributed by atoms with van der Waals surface area (Å²) in [6.45, 7) is 1.98. The molecule has 0 radical (unpaired) electrons. The molecule has 3 nitrogen and oxygen atoms in total. The van der Waals surface area contributed by atoms with Gasteiger partial charge in [-0.15, -0.1) is 11.8 Å². The van der Waals surface area contributed by atoms with Crippen molar-refractivity contribution in [2.75, 3.05) is 5.01 Å². The monoisotopic (exact) mass is 314 g/mol. The third-order valence-electron chi connectivity index (χ3n) is 3.39. The molecule has 3 rings (SSSR count).